The van der Waals surface area contributed by atoms with Crippen LogP contribution in [-0.2, 0) is 0 Å². The van der Waals surface area contributed by atoms with Crippen molar-refractivity contribution in [3.63, 3.8) is 0 Å². The van der Waals surface area contributed by atoms with Crippen LogP contribution in [0.25, 0.3) is 0 Å². The van der Waals surface area contributed by atoms with Crippen LogP contribution in [0, 0.1) is 0 Å². The molecule has 1 aromatic rings. The van der Waals surface area contributed by atoms with E-state index < -0.39 is 0 Å². The van der Waals surface area contributed by atoms with Gasteiger partial charge in [-0.2, -0.15) is 0 Å². The van der Waals surface area contributed by atoms with E-state index in [9.17, 15) is 4.79 Å². The Bertz CT molecular complexity index is 417. The molecule has 2 nitrogen and oxygen atoms in total. The van der Waals surface area contributed by atoms with Crippen molar-refractivity contribution in [2.75, 3.05) is 7.11 Å². The van der Waals surface area contributed by atoms with Gasteiger partial charge >= 0.3 is 0 Å². The van der Waals surface area contributed by atoms with Crippen molar-refractivity contribution in [2.24, 2.45) is 0 Å². The van der Waals surface area contributed by atoms with E-state index in [4.69, 9.17) is 4.74 Å². The lowest BCUT2D eigenvalue weighted by Crippen LogP contribution is -2.06. The Labute approximate surface area is 104 Å². The first-order chi connectivity index (χ1) is 7.88. The maximum atomic E-state index is 11.8. The highest BCUT2D eigenvalue weighted by Gasteiger charge is 2.18. The van der Waals surface area contributed by atoms with Crippen molar-refractivity contribution in [1.29, 1.82) is 0 Å². The van der Waals surface area contributed by atoms with Crippen LogP contribution in [0.15, 0.2) is 12.1 Å². The normalized spacial score (nSPS) is 11.1. The molecule has 1 rings (SSSR count). The second-order valence-corrected chi connectivity index (χ2v) is 5.05. The highest BCUT2D eigenvalue weighted by Crippen LogP contribution is 2.33. The van der Waals surface area contributed by atoms with E-state index in [1.807, 2.05) is 12.1 Å². The Morgan fingerprint density at radius 1 is 1.12 bits per heavy atom. The summed E-state index contributed by atoms with van der Waals surface area (Å²) in [7, 11) is 1.66. The molecule has 0 saturated heterocycles. The van der Waals surface area contributed by atoms with Gasteiger partial charge in [0, 0.05) is 11.1 Å². The van der Waals surface area contributed by atoms with Crippen molar-refractivity contribution in [1.82, 2.24) is 0 Å². The van der Waals surface area contributed by atoms with Gasteiger partial charge in [0.05, 0.1) is 7.11 Å². The summed E-state index contributed by atoms with van der Waals surface area (Å²) >= 11 is 0. The lowest BCUT2D eigenvalue weighted by molar-refractivity contribution is 0.101. The average molecular weight is 234 g/mol. The zero-order chi connectivity index (χ0) is 13.2. The lowest BCUT2D eigenvalue weighted by atomic mass is 9.89. The molecule has 0 saturated carbocycles. The number of benzene rings is 1. The number of carbonyl (C=O) groups excluding carboxylic acids is 1. The third-order valence-corrected chi connectivity index (χ3v) is 3.01. The third kappa shape index (κ3) is 2.87. The highest BCUT2D eigenvalue weighted by atomic mass is 16.5. The number of hydrogen-bond donors (Lipinski definition) is 0. The van der Waals surface area contributed by atoms with Gasteiger partial charge in [0.25, 0.3) is 0 Å². The van der Waals surface area contributed by atoms with Crippen LogP contribution in [0.3, 0.4) is 0 Å². The molecule has 0 aliphatic heterocycles. The number of hydrogen-bond acceptors (Lipinski definition) is 2. The first-order valence-electron chi connectivity index (χ1n) is 6.11. The zero-order valence-corrected chi connectivity index (χ0v) is 11.6. The fourth-order valence-electron chi connectivity index (χ4n) is 2.04. The summed E-state index contributed by atoms with van der Waals surface area (Å²) in [5, 5.41) is 0. The summed E-state index contributed by atoms with van der Waals surface area (Å²) in [6.07, 6.45) is 0. The summed E-state index contributed by atoms with van der Waals surface area (Å²) in [6.45, 7) is 10.0. The maximum Gasteiger partial charge on any atom is 0.160 e. The molecule has 0 amide bonds. The fourth-order valence-corrected chi connectivity index (χ4v) is 2.04. The minimum Gasteiger partial charge on any atom is -0.496 e. The molecule has 0 fully saturated rings. The molecular weight excluding hydrogens is 212 g/mol. The van der Waals surface area contributed by atoms with E-state index in [0.29, 0.717) is 5.92 Å². The summed E-state index contributed by atoms with van der Waals surface area (Å²) < 4.78 is 5.44. The number of ether oxygens (including phenoxy) is 1. The molecule has 0 aliphatic carbocycles. The number of ketones is 1. The Morgan fingerprint density at radius 3 is 2.06 bits per heavy atom. The molecule has 0 unspecified atom stereocenters. The second kappa shape index (κ2) is 5.35. The van der Waals surface area contributed by atoms with E-state index in [-0.39, 0.29) is 11.7 Å². The van der Waals surface area contributed by atoms with Gasteiger partial charge in [-0.3, -0.25) is 4.79 Å². The predicted molar refractivity (Wildman–Crippen MR) is 71.2 cm³/mol. The van der Waals surface area contributed by atoms with Crippen LogP contribution >= 0.6 is 0 Å². The van der Waals surface area contributed by atoms with Crippen LogP contribution in [0.1, 0.15) is 67.9 Å². The van der Waals surface area contributed by atoms with Gasteiger partial charge in [0.15, 0.2) is 5.78 Å². The molecule has 0 radical (unpaired) electrons. The number of methoxy groups -OCH3 is 1. The molecule has 0 aliphatic rings. The summed E-state index contributed by atoms with van der Waals surface area (Å²) in [5.74, 6) is 1.61. The smallest absolute Gasteiger partial charge is 0.160 e. The minimum absolute atomic E-state index is 0.106. The molecule has 0 spiro atoms. The van der Waals surface area contributed by atoms with Crippen molar-refractivity contribution < 1.29 is 9.53 Å². The standard InChI is InChI=1S/C15H22O2/c1-9(2)12-7-13(11(5)16)15(10(3)4)14(8-12)17-6/h7-10H,1-6H3. The Morgan fingerprint density at radius 2 is 1.71 bits per heavy atom. The minimum atomic E-state index is 0.106. The Kier molecular flexibility index (Phi) is 4.33. The second-order valence-electron chi connectivity index (χ2n) is 5.05. The van der Waals surface area contributed by atoms with E-state index in [0.717, 1.165) is 22.4 Å². The fraction of sp³-hybridized carbons (Fsp3) is 0.533. The van der Waals surface area contributed by atoms with Gasteiger partial charge < -0.3 is 4.74 Å². The van der Waals surface area contributed by atoms with Gasteiger partial charge in [-0.1, -0.05) is 27.7 Å². The van der Waals surface area contributed by atoms with Crippen molar-refractivity contribution in [3.05, 3.63) is 28.8 Å². The topological polar surface area (TPSA) is 26.3 Å². The van der Waals surface area contributed by atoms with Gasteiger partial charge in [-0.05, 0) is 36.5 Å². The zero-order valence-electron chi connectivity index (χ0n) is 11.6. The average Bonchev–Trinajstić information content (AvgIpc) is 2.26. The summed E-state index contributed by atoms with van der Waals surface area (Å²) in [6, 6.07) is 4.05. The molecule has 0 atom stereocenters. The van der Waals surface area contributed by atoms with E-state index in [1.165, 1.54) is 0 Å². The molecule has 0 aromatic heterocycles. The summed E-state index contributed by atoms with van der Waals surface area (Å²) in [4.78, 5) is 11.8. The highest BCUT2D eigenvalue weighted by molar-refractivity contribution is 5.96. The van der Waals surface area contributed by atoms with Crippen LogP contribution in [-0.4, -0.2) is 12.9 Å². The molecule has 0 heterocycles. The molecule has 17 heavy (non-hydrogen) atoms. The number of rotatable bonds is 4. The predicted octanol–water partition coefficient (Wildman–Crippen LogP) is 4.14. The van der Waals surface area contributed by atoms with E-state index in [2.05, 4.69) is 27.7 Å². The third-order valence-electron chi connectivity index (χ3n) is 3.01. The first kappa shape index (κ1) is 13.8. The van der Waals surface area contributed by atoms with Crippen molar-refractivity contribution in [2.45, 2.75) is 46.5 Å². The Hall–Kier alpha value is -1.31. The van der Waals surface area contributed by atoms with Gasteiger partial charge in [0.2, 0.25) is 0 Å². The Balaban J connectivity index is 3.51. The van der Waals surface area contributed by atoms with E-state index >= 15 is 0 Å². The SMILES string of the molecule is COc1cc(C(C)C)cc(C(C)=O)c1C(C)C. The van der Waals surface area contributed by atoms with E-state index in [1.54, 1.807) is 14.0 Å². The molecule has 0 bridgehead atoms. The van der Waals surface area contributed by atoms with Crippen molar-refractivity contribution >= 4 is 5.78 Å². The maximum absolute atomic E-state index is 11.8. The van der Waals surface area contributed by atoms with Gasteiger partial charge in [-0.25, -0.2) is 0 Å². The van der Waals surface area contributed by atoms with Gasteiger partial charge in [-0.15, -0.1) is 0 Å². The lowest BCUT2D eigenvalue weighted by Gasteiger charge is -2.18. The molecule has 2 heteroatoms. The molecule has 1 aromatic carbocycles. The first-order valence-corrected chi connectivity index (χ1v) is 6.11. The van der Waals surface area contributed by atoms with Crippen LogP contribution < -0.4 is 4.74 Å². The monoisotopic (exact) mass is 234 g/mol. The quantitative estimate of drug-likeness (QED) is 0.732. The van der Waals surface area contributed by atoms with Crippen LogP contribution in [0.2, 0.25) is 0 Å². The molecule has 94 valence electrons. The van der Waals surface area contributed by atoms with Crippen LogP contribution in [0.5, 0.6) is 5.75 Å². The van der Waals surface area contributed by atoms with Gasteiger partial charge in [0.1, 0.15) is 5.75 Å². The van der Waals surface area contributed by atoms with Crippen molar-refractivity contribution in [3.8, 4) is 5.75 Å². The van der Waals surface area contributed by atoms with Crippen LogP contribution in [0.4, 0.5) is 0 Å². The number of carbonyl (C=O) groups is 1. The molecule has 0 N–H and O–H groups in total. The number of Topliss-reactive ketones (excluding diaryl/α,β-unsaturated/α-hetero) is 1. The summed E-state index contributed by atoms with van der Waals surface area (Å²) in [5.41, 5.74) is 2.96. The largest absolute Gasteiger partial charge is 0.496 e. The molecular formula is C15H22O2.